The van der Waals surface area contributed by atoms with Crippen LogP contribution in [0.5, 0.6) is 5.75 Å². The number of ketones is 1. The number of carbonyl (C=O) groups is 3. The van der Waals surface area contributed by atoms with E-state index >= 15 is 0 Å². The van der Waals surface area contributed by atoms with Crippen LogP contribution >= 0.6 is 0 Å². The van der Waals surface area contributed by atoms with Crippen LogP contribution < -0.4 is 15.4 Å². The summed E-state index contributed by atoms with van der Waals surface area (Å²) < 4.78 is 6.01. The summed E-state index contributed by atoms with van der Waals surface area (Å²) in [6.07, 6.45) is -0.336. The van der Waals surface area contributed by atoms with Crippen LogP contribution in [0.3, 0.4) is 0 Å². The molecule has 4 atom stereocenters. The zero-order valence-electron chi connectivity index (χ0n) is 27.3. The molecule has 4 unspecified atom stereocenters. The van der Waals surface area contributed by atoms with Crippen LogP contribution in [-0.2, 0) is 21.0 Å². The second-order valence-electron chi connectivity index (χ2n) is 12.9. The minimum Gasteiger partial charge on any atom is -0.489 e. The van der Waals surface area contributed by atoms with Gasteiger partial charge in [-0.05, 0) is 88.1 Å². The van der Waals surface area contributed by atoms with Crippen molar-refractivity contribution in [3.63, 3.8) is 0 Å². The van der Waals surface area contributed by atoms with E-state index in [9.17, 15) is 19.5 Å². The Kier molecular flexibility index (Phi) is 9.44. The van der Waals surface area contributed by atoms with E-state index in [2.05, 4.69) is 10.6 Å². The molecule has 4 aromatic rings. The molecule has 4 aromatic carbocycles. The summed E-state index contributed by atoms with van der Waals surface area (Å²) in [6, 6.07) is 26.5. The molecule has 2 amide bonds. The van der Waals surface area contributed by atoms with Gasteiger partial charge >= 0.3 is 0 Å². The third kappa shape index (κ3) is 7.21. The summed E-state index contributed by atoms with van der Waals surface area (Å²) in [7, 11) is 0. The lowest BCUT2D eigenvalue weighted by atomic mass is 9.61. The van der Waals surface area contributed by atoms with Crippen molar-refractivity contribution in [3.8, 4) is 5.75 Å². The quantitative estimate of drug-likeness (QED) is 0.182. The first kappa shape index (κ1) is 32.6. The van der Waals surface area contributed by atoms with Crippen LogP contribution in [0.15, 0.2) is 84.9 Å². The summed E-state index contributed by atoms with van der Waals surface area (Å²) >= 11 is 0. The van der Waals surface area contributed by atoms with Crippen LogP contribution in [0.25, 0.3) is 0 Å². The van der Waals surface area contributed by atoms with Gasteiger partial charge in [0.15, 0.2) is 0 Å². The lowest BCUT2D eigenvalue weighted by molar-refractivity contribution is -0.150. The lowest BCUT2D eigenvalue weighted by Crippen LogP contribution is -2.56. The number of hydrogen-bond acceptors (Lipinski definition) is 5. The Morgan fingerprint density at radius 2 is 1.28 bits per heavy atom. The fraction of sp³-hybridized carbons (Fsp3) is 0.308. The normalized spacial score (nSPS) is 21.0. The van der Waals surface area contributed by atoms with Crippen molar-refractivity contribution in [1.82, 2.24) is 0 Å². The van der Waals surface area contributed by atoms with Gasteiger partial charge < -0.3 is 20.5 Å². The molecule has 238 valence electrons. The maximum absolute atomic E-state index is 14.1. The molecule has 0 heterocycles. The SMILES string of the molecule is Cc1ccc(COc2ccc(C3C(C(=O)Nc4ccc(C)cc4C)C(=O)CC(C)(O)C3C(=O)Nc3ccc(C)cc3C)cc2)cc1. The summed E-state index contributed by atoms with van der Waals surface area (Å²) in [5.41, 5.74) is 6.10. The number of anilines is 2. The molecular weight excluding hydrogens is 576 g/mol. The molecule has 46 heavy (non-hydrogen) atoms. The monoisotopic (exact) mass is 618 g/mol. The van der Waals surface area contributed by atoms with E-state index in [-0.39, 0.29) is 6.42 Å². The van der Waals surface area contributed by atoms with Gasteiger partial charge in [-0.3, -0.25) is 14.4 Å². The molecule has 0 aliphatic heterocycles. The predicted octanol–water partition coefficient (Wildman–Crippen LogP) is 7.12. The zero-order chi connectivity index (χ0) is 33.2. The van der Waals surface area contributed by atoms with Gasteiger partial charge in [-0.15, -0.1) is 0 Å². The predicted molar refractivity (Wildman–Crippen MR) is 181 cm³/mol. The maximum atomic E-state index is 14.1. The fourth-order valence-electron chi connectivity index (χ4n) is 6.46. The van der Waals surface area contributed by atoms with Gasteiger partial charge in [-0.1, -0.05) is 77.4 Å². The van der Waals surface area contributed by atoms with E-state index in [0.717, 1.165) is 27.8 Å². The third-order valence-corrected chi connectivity index (χ3v) is 8.90. The highest BCUT2D eigenvalue weighted by Crippen LogP contribution is 2.47. The van der Waals surface area contributed by atoms with Crippen LogP contribution in [-0.4, -0.2) is 28.3 Å². The molecule has 0 aromatic heterocycles. The molecular formula is C39H42N2O5. The van der Waals surface area contributed by atoms with Crippen molar-refractivity contribution in [1.29, 1.82) is 0 Å². The molecule has 7 heteroatoms. The second-order valence-corrected chi connectivity index (χ2v) is 12.9. The highest BCUT2D eigenvalue weighted by atomic mass is 16.5. The van der Waals surface area contributed by atoms with Gasteiger partial charge in [-0.2, -0.15) is 0 Å². The minimum atomic E-state index is -1.71. The van der Waals surface area contributed by atoms with Crippen molar-refractivity contribution in [3.05, 3.63) is 124 Å². The Labute approximate surface area is 271 Å². The molecule has 1 aliphatic rings. The lowest BCUT2D eigenvalue weighted by Gasteiger charge is -2.44. The van der Waals surface area contributed by atoms with E-state index in [1.54, 1.807) is 24.3 Å². The first-order valence-electron chi connectivity index (χ1n) is 15.6. The molecule has 1 aliphatic carbocycles. The van der Waals surface area contributed by atoms with Crippen molar-refractivity contribution >= 4 is 29.0 Å². The highest BCUT2D eigenvalue weighted by Gasteiger charge is 2.56. The average Bonchev–Trinajstić information content (AvgIpc) is 2.99. The van der Waals surface area contributed by atoms with Gasteiger partial charge in [-0.25, -0.2) is 0 Å². The molecule has 0 spiro atoms. The number of aryl methyl sites for hydroxylation is 5. The molecule has 5 rings (SSSR count). The molecule has 1 saturated carbocycles. The summed E-state index contributed by atoms with van der Waals surface area (Å²) in [4.78, 5) is 41.9. The van der Waals surface area contributed by atoms with E-state index < -0.39 is 41.0 Å². The largest absolute Gasteiger partial charge is 0.489 e. The topological polar surface area (TPSA) is 105 Å². The number of amides is 2. The van der Waals surface area contributed by atoms with Gasteiger partial charge in [0.05, 0.1) is 11.5 Å². The first-order valence-corrected chi connectivity index (χ1v) is 15.6. The van der Waals surface area contributed by atoms with Crippen molar-refractivity contribution < 1.29 is 24.2 Å². The smallest absolute Gasteiger partial charge is 0.235 e. The summed E-state index contributed by atoms with van der Waals surface area (Å²) in [6.45, 7) is 11.6. The Bertz CT molecular complexity index is 1760. The van der Waals surface area contributed by atoms with E-state index in [1.807, 2.05) is 95.3 Å². The number of Topliss-reactive ketones (excluding diaryl/α,β-unsaturated/α-hetero) is 1. The number of rotatable bonds is 8. The average molecular weight is 619 g/mol. The standard InChI is InChI=1S/C39H42N2O5/c1-23-7-11-28(12-8-23)22-46-30-15-13-29(14-16-30)34-35(37(43)40-31-17-9-24(2)19-26(31)4)33(42)21-39(6,45)36(34)38(44)41-32-18-10-25(3)20-27(32)5/h7-20,34-36,45H,21-22H2,1-6H3,(H,40,43)(H,41,44). The van der Waals surface area contributed by atoms with Gasteiger partial charge in [0.1, 0.15) is 24.1 Å². The highest BCUT2D eigenvalue weighted by molar-refractivity contribution is 6.10. The van der Waals surface area contributed by atoms with Gasteiger partial charge in [0.2, 0.25) is 11.8 Å². The molecule has 0 bridgehead atoms. The number of nitrogens with one attached hydrogen (secondary N) is 2. The Morgan fingerprint density at radius 3 is 1.83 bits per heavy atom. The first-order chi connectivity index (χ1) is 21.8. The molecule has 1 fully saturated rings. The molecule has 0 radical (unpaired) electrons. The second kappa shape index (κ2) is 13.3. The van der Waals surface area contributed by atoms with Crippen LogP contribution in [0.2, 0.25) is 0 Å². The number of benzene rings is 4. The zero-order valence-corrected chi connectivity index (χ0v) is 27.3. The maximum Gasteiger partial charge on any atom is 0.235 e. The molecule has 0 saturated heterocycles. The van der Waals surface area contributed by atoms with Crippen LogP contribution in [0, 0.1) is 46.5 Å². The third-order valence-electron chi connectivity index (χ3n) is 8.90. The fourth-order valence-corrected chi connectivity index (χ4v) is 6.46. The summed E-state index contributed by atoms with van der Waals surface area (Å²) in [5.74, 6) is -4.06. The van der Waals surface area contributed by atoms with Gasteiger partial charge in [0.25, 0.3) is 0 Å². The van der Waals surface area contributed by atoms with Crippen molar-refractivity contribution in [2.45, 2.75) is 66.1 Å². The number of carbonyl (C=O) groups excluding carboxylic acids is 3. The number of ether oxygens (including phenoxy) is 1. The van der Waals surface area contributed by atoms with Crippen LogP contribution in [0.1, 0.15) is 58.2 Å². The van der Waals surface area contributed by atoms with E-state index in [4.69, 9.17) is 4.74 Å². The van der Waals surface area contributed by atoms with Crippen molar-refractivity contribution in [2.75, 3.05) is 10.6 Å². The van der Waals surface area contributed by atoms with Crippen LogP contribution in [0.4, 0.5) is 11.4 Å². The van der Waals surface area contributed by atoms with E-state index in [1.165, 1.54) is 12.5 Å². The summed E-state index contributed by atoms with van der Waals surface area (Å²) in [5, 5.41) is 17.6. The Hall–Kier alpha value is -4.75. The molecule has 3 N–H and O–H groups in total. The number of hydrogen-bond donors (Lipinski definition) is 3. The van der Waals surface area contributed by atoms with E-state index in [0.29, 0.717) is 29.3 Å². The number of aliphatic hydroxyl groups is 1. The Balaban J connectivity index is 1.51. The van der Waals surface area contributed by atoms with Crippen molar-refractivity contribution in [2.24, 2.45) is 11.8 Å². The van der Waals surface area contributed by atoms with Gasteiger partial charge in [0, 0.05) is 23.7 Å². The molecule has 7 nitrogen and oxygen atoms in total. The Morgan fingerprint density at radius 1 is 0.761 bits per heavy atom. The minimum absolute atomic E-state index is 0.336.